The van der Waals surface area contributed by atoms with Crippen LogP contribution in [0.4, 0.5) is 0 Å². The van der Waals surface area contributed by atoms with Crippen molar-refractivity contribution in [1.82, 2.24) is 0 Å². The first-order valence-corrected chi connectivity index (χ1v) is 21.0. The van der Waals surface area contributed by atoms with Gasteiger partial charge in [0.25, 0.3) is 7.82 Å². The maximum absolute atomic E-state index is 12.6. The number of rotatable bonds is 36. The number of phosphoric ester groups is 1. The summed E-state index contributed by atoms with van der Waals surface area (Å²) in [7, 11) is 1.35. The molecule has 0 N–H and O–H groups in total. The van der Waals surface area contributed by atoms with E-state index >= 15 is 0 Å². The van der Waals surface area contributed by atoms with Crippen molar-refractivity contribution in [2.75, 3.05) is 54.1 Å². The van der Waals surface area contributed by atoms with Crippen LogP contribution in [0.1, 0.15) is 162 Å². The summed E-state index contributed by atoms with van der Waals surface area (Å²) in [6.07, 6.45) is 34.6. The Bertz CT molecular complexity index is 828. The molecule has 0 rings (SSSR count). The quantitative estimate of drug-likeness (QED) is 0.0211. The average molecular weight is 702 g/mol. The van der Waals surface area contributed by atoms with E-state index in [1.54, 1.807) is 0 Å². The van der Waals surface area contributed by atoms with E-state index in [1.807, 2.05) is 21.1 Å². The number of likely N-dealkylation sites (N-methyl/N-ethyl adjacent to an activating group) is 1. The van der Waals surface area contributed by atoms with E-state index < -0.39 is 13.9 Å². The summed E-state index contributed by atoms with van der Waals surface area (Å²) in [5.74, 6) is -0.347. The number of carbonyl (C=O) groups is 1. The number of esters is 1. The van der Waals surface area contributed by atoms with Crippen molar-refractivity contribution in [2.45, 2.75) is 168 Å². The van der Waals surface area contributed by atoms with Crippen LogP contribution >= 0.6 is 7.82 Å². The second kappa shape index (κ2) is 33.1. The standard InChI is InChI=1S/C39H76NO7P/c1-6-8-10-12-14-16-18-20-21-23-25-27-29-31-34-44-36-38(37-46-48(42,43)45-35-33-40(3,4)5)47-39(41)32-30-28-26-24-22-19-17-15-13-11-9-7-2/h15-18,38H,6-14,19-37H2,1-5H3/b17-15-,18-16-. The lowest BCUT2D eigenvalue weighted by molar-refractivity contribution is -0.870. The summed E-state index contributed by atoms with van der Waals surface area (Å²) in [6, 6.07) is 0. The van der Waals surface area contributed by atoms with Gasteiger partial charge in [0.1, 0.15) is 19.3 Å². The third-order valence-electron chi connectivity index (χ3n) is 8.23. The molecule has 284 valence electrons. The Morgan fingerprint density at radius 3 is 1.62 bits per heavy atom. The molecule has 0 bridgehead atoms. The fourth-order valence-electron chi connectivity index (χ4n) is 5.12. The minimum absolute atomic E-state index is 0.0241. The maximum atomic E-state index is 12.6. The molecule has 0 saturated carbocycles. The Morgan fingerprint density at radius 2 is 1.08 bits per heavy atom. The number of nitrogens with zero attached hydrogens (tertiary/aromatic N) is 1. The predicted octanol–water partition coefficient (Wildman–Crippen LogP) is 10.2. The van der Waals surface area contributed by atoms with Crippen molar-refractivity contribution in [3.63, 3.8) is 0 Å². The third-order valence-corrected chi connectivity index (χ3v) is 9.19. The van der Waals surface area contributed by atoms with Gasteiger partial charge in [0.15, 0.2) is 0 Å². The molecule has 0 amide bonds. The van der Waals surface area contributed by atoms with Gasteiger partial charge in [-0.3, -0.25) is 9.36 Å². The molecule has 0 aliphatic heterocycles. The molecule has 0 heterocycles. The van der Waals surface area contributed by atoms with Crippen LogP contribution < -0.4 is 4.89 Å². The van der Waals surface area contributed by atoms with Gasteiger partial charge in [0.05, 0.1) is 34.4 Å². The van der Waals surface area contributed by atoms with E-state index in [4.69, 9.17) is 18.5 Å². The summed E-state index contributed by atoms with van der Waals surface area (Å²) in [6.45, 7) is 5.34. The van der Waals surface area contributed by atoms with Crippen LogP contribution in [0.2, 0.25) is 0 Å². The first-order valence-electron chi connectivity index (χ1n) is 19.6. The summed E-state index contributed by atoms with van der Waals surface area (Å²) >= 11 is 0. The Balaban J connectivity index is 4.31. The zero-order valence-electron chi connectivity index (χ0n) is 31.9. The minimum Gasteiger partial charge on any atom is -0.756 e. The monoisotopic (exact) mass is 702 g/mol. The van der Waals surface area contributed by atoms with Crippen molar-refractivity contribution < 1.29 is 37.3 Å². The highest BCUT2D eigenvalue weighted by Gasteiger charge is 2.20. The van der Waals surface area contributed by atoms with E-state index in [0.717, 1.165) is 44.9 Å². The molecule has 0 saturated heterocycles. The molecule has 8 nitrogen and oxygen atoms in total. The zero-order valence-corrected chi connectivity index (χ0v) is 32.8. The number of hydrogen-bond donors (Lipinski definition) is 0. The smallest absolute Gasteiger partial charge is 0.306 e. The van der Waals surface area contributed by atoms with Gasteiger partial charge in [0, 0.05) is 13.0 Å². The van der Waals surface area contributed by atoms with Crippen LogP contribution in [0.5, 0.6) is 0 Å². The molecule has 2 unspecified atom stereocenters. The molecular formula is C39H76NO7P. The van der Waals surface area contributed by atoms with Gasteiger partial charge in [-0.05, 0) is 64.2 Å². The summed E-state index contributed by atoms with van der Waals surface area (Å²) < 4.78 is 34.4. The van der Waals surface area contributed by atoms with Crippen LogP contribution in [-0.4, -0.2) is 70.7 Å². The highest BCUT2D eigenvalue weighted by Crippen LogP contribution is 2.38. The van der Waals surface area contributed by atoms with Crippen LogP contribution in [-0.2, 0) is 27.9 Å². The van der Waals surface area contributed by atoms with Gasteiger partial charge in [0.2, 0.25) is 0 Å². The number of phosphoric acid groups is 1. The van der Waals surface area contributed by atoms with E-state index in [1.165, 1.54) is 96.3 Å². The Labute approximate surface area is 296 Å². The lowest BCUT2D eigenvalue weighted by Crippen LogP contribution is -2.37. The number of hydrogen-bond acceptors (Lipinski definition) is 7. The van der Waals surface area contributed by atoms with E-state index in [-0.39, 0.29) is 25.8 Å². The molecule has 0 aliphatic rings. The molecule has 0 radical (unpaired) electrons. The van der Waals surface area contributed by atoms with Gasteiger partial charge >= 0.3 is 5.97 Å². The largest absolute Gasteiger partial charge is 0.756 e. The van der Waals surface area contributed by atoms with Crippen molar-refractivity contribution in [3.8, 4) is 0 Å². The summed E-state index contributed by atoms with van der Waals surface area (Å²) in [5, 5.41) is 0. The van der Waals surface area contributed by atoms with Crippen LogP contribution in [0.15, 0.2) is 24.3 Å². The number of ether oxygens (including phenoxy) is 2. The third kappa shape index (κ3) is 36.3. The molecule has 0 spiro atoms. The first-order chi connectivity index (χ1) is 23.1. The fraction of sp³-hybridized carbons (Fsp3) is 0.872. The minimum atomic E-state index is -4.52. The second-order valence-corrected chi connectivity index (χ2v) is 15.7. The van der Waals surface area contributed by atoms with Crippen LogP contribution in [0, 0.1) is 0 Å². The number of allylic oxidation sites excluding steroid dienone is 4. The highest BCUT2D eigenvalue weighted by atomic mass is 31.2. The van der Waals surface area contributed by atoms with Gasteiger partial charge in [-0.25, -0.2) is 0 Å². The highest BCUT2D eigenvalue weighted by molar-refractivity contribution is 7.45. The van der Waals surface area contributed by atoms with E-state index in [0.29, 0.717) is 24.1 Å². The molecule has 0 aromatic rings. The zero-order chi connectivity index (χ0) is 35.6. The molecule has 0 aromatic carbocycles. The van der Waals surface area contributed by atoms with Gasteiger partial charge in [-0.15, -0.1) is 0 Å². The maximum Gasteiger partial charge on any atom is 0.306 e. The molecule has 2 atom stereocenters. The van der Waals surface area contributed by atoms with E-state index in [9.17, 15) is 14.3 Å². The van der Waals surface area contributed by atoms with Crippen LogP contribution in [0.3, 0.4) is 0 Å². The Kier molecular flexibility index (Phi) is 32.4. The fourth-order valence-corrected chi connectivity index (χ4v) is 5.85. The second-order valence-electron chi connectivity index (χ2n) is 14.3. The number of unbranched alkanes of at least 4 members (excludes halogenated alkanes) is 18. The topological polar surface area (TPSA) is 94.1 Å². The summed E-state index contributed by atoms with van der Waals surface area (Å²) in [5.41, 5.74) is 0. The normalized spacial score (nSPS) is 14.2. The Hall–Kier alpha value is -1.02. The lowest BCUT2D eigenvalue weighted by atomic mass is 10.1. The Morgan fingerprint density at radius 1 is 0.625 bits per heavy atom. The molecule has 9 heteroatoms. The summed E-state index contributed by atoms with van der Waals surface area (Å²) in [4.78, 5) is 24.9. The van der Waals surface area contributed by atoms with Crippen molar-refractivity contribution in [3.05, 3.63) is 24.3 Å². The van der Waals surface area contributed by atoms with Gasteiger partial charge in [-0.1, -0.05) is 115 Å². The molecule has 0 aromatic heterocycles. The average Bonchev–Trinajstić information content (AvgIpc) is 3.03. The van der Waals surface area contributed by atoms with Gasteiger partial charge < -0.3 is 27.9 Å². The number of quaternary nitrogens is 1. The molecule has 0 fully saturated rings. The van der Waals surface area contributed by atoms with Crippen molar-refractivity contribution >= 4 is 13.8 Å². The molecule has 48 heavy (non-hydrogen) atoms. The number of carbonyl (C=O) groups excluding carboxylic acids is 1. The van der Waals surface area contributed by atoms with E-state index in [2.05, 4.69) is 38.2 Å². The van der Waals surface area contributed by atoms with Gasteiger partial charge in [-0.2, -0.15) is 0 Å². The molecule has 0 aliphatic carbocycles. The predicted molar refractivity (Wildman–Crippen MR) is 199 cm³/mol. The lowest BCUT2D eigenvalue weighted by Gasteiger charge is -2.28. The SMILES string of the molecule is CCCCC/C=C\CCCCCCCC(=O)OC(COCCCCCCCC/C=C\CCCCCC)COP(=O)([O-])OCC[N+](C)(C)C. The van der Waals surface area contributed by atoms with Crippen molar-refractivity contribution in [1.29, 1.82) is 0 Å². The molecular weight excluding hydrogens is 625 g/mol. The van der Waals surface area contributed by atoms with Crippen LogP contribution in [0.25, 0.3) is 0 Å². The first kappa shape index (κ1) is 47.0. The van der Waals surface area contributed by atoms with Crippen molar-refractivity contribution in [2.24, 2.45) is 0 Å².